The summed E-state index contributed by atoms with van der Waals surface area (Å²) in [5, 5.41) is 13.4. The molecule has 5 rings (SSSR count). The minimum atomic E-state index is -0.172. The maximum absolute atomic E-state index is 12.7. The van der Waals surface area contributed by atoms with E-state index in [4.69, 9.17) is 10.1 Å². The zero-order chi connectivity index (χ0) is 26.2. The molecule has 0 atom stereocenters. The standard InChI is InChI=1S/C28H33N7OS/c1-18-9-8-10-19(15-18)24-25(32-28(2,3)4)35-26(31-24)37-27(33-35)34(5)17-23(36)29-14-13-20-16-30-22-12-7-6-11-21(20)22/h6-12,15-16,30,32H,13-14,17H2,1-5H3,(H,29,36). The summed E-state index contributed by atoms with van der Waals surface area (Å²) in [5.74, 6) is 0.816. The van der Waals surface area contributed by atoms with Crippen molar-refractivity contribution in [3.8, 4) is 11.3 Å². The third-order valence-electron chi connectivity index (χ3n) is 6.08. The highest BCUT2D eigenvalue weighted by molar-refractivity contribution is 7.20. The fourth-order valence-electron chi connectivity index (χ4n) is 4.37. The molecule has 5 aromatic rings. The van der Waals surface area contributed by atoms with Crippen LogP contribution in [0.5, 0.6) is 0 Å². The lowest BCUT2D eigenvalue weighted by Crippen LogP contribution is -2.36. The quantitative estimate of drug-likeness (QED) is 0.263. The molecule has 0 radical (unpaired) electrons. The monoisotopic (exact) mass is 515 g/mol. The second-order valence-corrected chi connectivity index (χ2v) is 11.4. The fourth-order valence-corrected chi connectivity index (χ4v) is 5.23. The van der Waals surface area contributed by atoms with E-state index in [1.54, 1.807) is 0 Å². The molecule has 0 bridgehead atoms. The number of hydrogen-bond donors (Lipinski definition) is 3. The van der Waals surface area contributed by atoms with Crippen LogP contribution in [0, 0.1) is 6.92 Å². The van der Waals surface area contributed by atoms with E-state index >= 15 is 0 Å². The number of carbonyl (C=O) groups excluding carboxylic acids is 1. The maximum Gasteiger partial charge on any atom is 0.239 e. The summed E-state index contributed by atoms with van der Waals surface area (Å²) in [5.41, 5.74) is 5.25. The molecule has 192 valence electrons. The average molecular weight is 516 g/mol. The molecule has 0 saturated heterocycles. The van der Waals surface area contributed by atoms with Crippen LogP contribution in [-0.4, -0.2) is 51.2 Å². The van der Waals surface area contributed by atoms with Crippen LogP contribution in [0.1, 0.15) is 31.9 Å². The minimum absolute atomic E-state index is 0.0383. The Balaban J connectivity index is 1.29. The predicted octanol–water partition coefficient (Wildman–Crippen LogP) is 5.25. The normalized spacial score (nSPS) is 11.8. The van der Waals surface area contributed by atoms with Crippen LogP contribution in [0.4, 0.5) is 10.9 Å². The number of nitrogens with one attached hydrogen (secondary N) is 3. The van der Waals surface area contributed by atoms with E-state index in [0.717, 1.165) is 39.1 Å². The van der Waals surface area contributed by atoms with Crippen molar-refractivity contribution in [2.45, 2.75) is 39.7 Å². The summed E-state index contributed by atoms with van der Waals surface area (Å²) in [6.45, 7) is 9.23. The zero-order valence-corrected chi connectivity index (χ0v) is 22.7. The van der Waals surface area contributed by atoms with Gasteiger partial charge in [0, 0.05) is 41.8 Å². The highest BCUT2D eigenvalue weighted by Crippen LogP contribution is 2.34. The molecule has 1 amide bonds. The van der Waals surface area contributed by atoms with Crippen LogP contribution in [0.15, 0.2) is 54.7 Å². The number of para-hydroxylation sites is 1. The lowest BCUT2D eigenvalue weighted by Gasteiger charge is -2.22. The van der Waals surface area contributed by atoms with Crippen LogP contribution >= 0.6 is 11.3 Å². The Morgan fingerprint density at radius 3 is 2.76 bits per heavy atom. The first-order chi connectivity index (χ1) is 17.7. The van der Waals surface area contributed by atoms with Crippen molar-refractivity contribution >= 4 is 44.1 Å². The molecule has 0 aliphatic heterocycles. The van der Waals surface area contributed by atoms with Gasteiger partial charge in [0.05, 0.1) is 6.54 Å². The number of aryl methyl sites for hydroxylation is 1. The molecule has 0 spiro atoms. The number of nitrogens with zero attached hydrogens (tertiary/aromatic N) is 4. The first-order valence-corrected chi connectivity index (χ1v) is 13.3. The largest absolute Gasteiger partial charge is 0.364 e. The van der Waals surface area contributed by atoms with Crippen molar-refractivity contribution in [1.82, 2.24) is 24.9 Å². The van der Waals surface area contributed by atoms with Crippen LogP contribution in [0.25, 0.3) is 27.1 Å². The number of amides is 1. The van der Waals surface area contributed by atoms with E-state index in [0.29, 0.717) is 6.54 Å². The number of carbonyl (C=O) groups is 1. The van der Waals surface area contributed by atoms with Gasteiger partial charge in [-0.1, -0.05) is 53.3 Å². The first-order valence-electron chi connectivity index (χ1n) is 12.5. The smallest absolute Gasteiger partial charge is 0.239 e. The topological polar surface area (TPSA) is 90.3 Å². The molecule has 9 heteroatoms. The van der Waals surface area contributed by atoms with Gasteiger partial charge in [-0.2, -0.15) is 4.52 Å². The molecule has 0 unspecified atom stereocenters. The Hall–Kier alpha value is -3.85. The molecular weight excluding hydrogens is 482 g/mol. The Morgan fingerprint density at radius 1 is 1.16 bits per heavy atom. The van der Waals surface area contributed by atoms with Gasteiger partial charge < -0.3 is 20.5 Å². The minimum Gasteiger partial charge on any atom is -0.364 e. The Bertz CT molecular complexity index is 1560. The lowest BCUT2D eigenvalue weighted by molar-refractivity contribution is -0.119. The highest BCUT2D eigenvalue weighted by atomic mass is 32.1. The first kappa shape index (κ1) is 24.8. The molecule has 0 aliphatic carbocycles. The summed E-state index contributed by atoms with van der Waals surface area (Å²) in [7, 11) is 1.88. The third kappa shape index (κ3) is 5.46. The van der Waals surface area contributed by atoms with Gasteiger partial charge in [-0.05, 0) is 51.8 Å². The van der Waals surface area contributed by atoms with Crippen molar-refractivity contribution < 1.29 is 4.79 Å². The van der Waals surface area contributed by atoms with Crippen molar-refractivity contribution in [3.05, 3.63) is 65.9 Å². The van der Waals surface area contributed by atoms with Crippen LogP contribution in [0.3, 0.4) is 0 Å². The average Bonchev–Trinajstić information content (AvgIpc) is 3.53. The van der Waals surface area contributed by atoms with Gasteiger partial charge in [0.1, 0.15) is 5.69 Å². The van der Waals surface area contributed by atoms with Gasteiger partial charge in [0.25, 0.3) is 0 Å². The number of imidazole rings is 1. The molecule has 0 aliphatic rings. The molecule has 0 fully saturated rings. The summed E-state index contributed by atoms with van der Waals surface area (Å²) in [4.78, 5) is 23.5. The van der Waals surface area contributed by atoms with Gasteiger partial charge in [0.15, 0.2) is 5.82 Å². The number of benzene rings is 2. The Labute approximate surface area is 220 Å². The molecule has 0 saturated carbocycles. The predicted molar refractivity (Wildman–Crippen MR) is 153 cm³/mol. The van der Waals surface area contributed by atoms with Gasteiger partial charge in [-0.15, -0.1) is 5.10 Å². The number of anilines is 2. The summed E-state index contributed by atoms with van der Waals surface area (Å²) >= 11 is 1.47. The van der Waals surface area contributed by atoms with E-state index < -0.39 is 0 Å². The second kappa shape index (κ2) is 9.89. The SMILES string of the molecule is Cc1cccc(-c2nc3sc(N(C)CC(=O)NCCc4c[nH]c5ccccc45)nn3c2NC(C)(C)C)c1. The number of rotatable bonds is 8. The molecule has 3 heterocycles. The molecule has 3 N–H and O–H groups in total. The molecular formula is C28H33N7OS. The van der Waals surface area contributed by atoms with Crippen molar-refractivity contribution in [2.75, 3.05) is 30.4 Å². The number of likely N-dealkylation sites (N-methyl/N-ethyl adjacent to an activating group) is 1. The van der Waals surface area contributed by atoms with E-state index in [2.05, 4.69) is 73.6 Å². The van der Waals surface area contributed by atoms with Gasteiger partial charge in [-0.3, -0.25) is 4.79 Å². The summed E-state index contributed by atoms with van der Waals surface area (Å²) in [6, 6.07) is 16.5. The van der Waals surface area contributed by atoms with Gasteiger partial charge >= 0.3 is 0 Å². The van der Waals surface area contributed by atoms with Crippen LogP contribution in [-0.2, 0) is 11.2 Å². The maximum atomic E-state index is 12.7. The van der Waals surface area contributed by atoms with Gasteiger partial charge in [-0.25, -0.2) is 4.98 Å². The summed E-state index contributed by atoms with van der Waals surface area (Å²) < 4.78 is 1.86. The van der Waals surface area contributed by atoms with Gasteiger partial charge in [0.2, 0.25) is 16.0 Å². The molecule has 8 nitrogen and oxygen atoms in total. The fraction of sp³-hybridized carbons (Fsp3) is 0.321. The van der Waals surface area contributed by atoms with Crippen molar-refractivity contribution in [3.63, 3.8) is 0 Å². The second-order valence-electron chi connectivity index (χ2n) is 10.4. The van der Waals surface area contributed by atoms with E-state index in [9.17, 15) is 4.79 Å². The van der Waals surface area contributed by atoms with Crippen molar-refractivity contribution in [1.29, 1.82) is 0 Å². The molecule has 2 aromatic carbocycles. The number of aromatic nitrogens is 4. The van der Waals surface area contributed by atoms with Crippen molar-refractivity contribution in [2.24, 2.45) is 0 Å². The number of fused-ring (bicyclic) bond motifs is 2. The highest BCUT2D eigenvalue weighted by Gasteiger charge is 2.23. The van der Waals surface area contributed by atoms with E-state index in [-0.39, 0.29) is 18.0 Å². The zero-order valence-electron chi connectivity index (χ0n) is 21.9. The number of aromatic amines is 1. The van der Waals surface area contributed by atoms with E-state index in [1.807, 2.05) is 40.9 Å². The number of hydrogen-bond acceptors (Lipinski definition) is 6. The molecule has 3 aromatic heterocycles. The Kier molecular flexibility index (Phi) is 6.64. The Morgan fingerprint density at radius 2 is 1.97 bits per heavy atom. The lowest BCUT2D eigenvalue weighted by atomic mass is 10.1. The van der Waals surface area contributed by atoms with Crippen LogP contribution < -0.4 is 15.5 Å². The summed E-state index contributed by atoms with van der Waals surface area (Å²) in [6.07, 6.45) is 2.79. The third-order valence-corrected chi connectivity index (χ3v) is 7.10. The number of H-pyrrole nitrogens is 1. The van der Waals surface area contributed by atoms with Crippen LogP contribution in [0.2, 0.25) is 0 Å². The molecule has 37 heavy (non-hydrogen) atoms. The van der Waals surface area contributed by atoms with E-state index in [1.165, 1.54) is 27.8 Å².